The van der Waals surface area contributed by atoms with Gasteiger partial charge in [0.2, 0.25) is 11.9 Å². The van der Waals surface area contributed by atoms with Gasteiger partial charge in [0.25, 0.3) is 5.56 Å². The molecule has 2 aromatic heterocycles. The van der Waals surface area contributed by atoms with Crippen LogP contribution in [0.5, 0.6) is 0 Å². The molecule has 0 atom stereocenters. The molecule has 0 radical (unpaired) electrons. The Kier molecular flexibility index (Phi) is 4.95. The van der Waals surface area contributed by atoms with Gasteiger partial charge in [0.1, 0.15) is 5.39 Å². The van der Waals surface area contributed by atoms with E-state index in [1.165, 1.54) is 6.20 Å². The summed E-state index contributed by atoms with van der Waals surface area (Å²) >= 11 is 0. The number of piperazine rings is 1. The number of rotatable bonds is 4. The van der Waals surface area contributed by atoms with Crippen LogP contribution >= 0.6 is 0 Å². The first-order valence-corrected chi connectivity index (χ1v) is 10.3. The molecular weight excluding hydrogens is 392 g/mol. The number of carbonyl (C=O) groups is 1. The zero-order valence-electron chi connectivity index (χ0n) is 16.9. The number of anilines is 1. The number of nitrogens with one attached hydrogen (secondary N) is 1. The molecule has 1 aliphatic rings. The van der Waals surface area contributed by atoms with Crippen molar-refractivity contribution < 1.29 is 4.79 Å². The minimum absolute atomic E-state index is 0.116. The van der Waals surface area contributed by atoms with Crippen LogP contribution in [0.3, 0.4) is 0 Å². The molecule has 0 spiro atoms. The number of aromatic amines is 1. The van der Waals surface area contributed by atoms with Gasteiger partial charge in [-0.15, -0.1) is 0 Å². The Hall–Kier alpha value is -3.94. The van der Waals surface area contributed by atoms with Gasteiger partial charge in [-0.2, -0.15) is 10.1 Å². The highest BCUT2D eigenvalue weighted by Gasteiger charge is 2.23. The maximum absolute atomic E-state index is 12.6. The molecule has 1 saturated heterocycles. The zero-order chi connectivity index (χ0) is 21.2. The van der Waals surface area contributed by atoms with E-state index >= 15 is 0 Å². The van der Waals surface area contributed by atoms with Crippen LogP contribution in [0.15, 0.2) is 71.7 Å². The quantitative estimate of drug-likeness (QED) is 0.552. The summed E-state index contributed by atoms with van der Waals surface area (Å²) in [6, 6.07) is 19.4. The van der Waals surface area contributed by atoms with Crippen LogP contribution in [0, 0.1) is 0 Å². The Morgan fingerprint density at radius 2 is 1.61 bits per heavy atom. The van der Waals surface area contributed by atoms with Crippen LogP contribution in [-0.4, -0.2) is 56.7 Å². The van der Waals surface area contributed by atoms with Crippen LogP contribution in [0.2, 0.25) is 0 Å². The topological polar surface area (TPSA) is 87.1 Å². The fraction of sp³-hybridized carbons (Fsp3) is 0.217. The molecule has 2 aromatic carbocycles. The predicted molar refractivity (Wildman–Crippen MR) is 118 cm³/mol. The van der Waals surface area contributed by atoms with E-state index in [0.29, 0.717) is 49.6 Å². The third-order valence-electron chi connectivity index (χ3n) is 5.56. The molecule has 4 aromatic rings. The smallest absolute Gasteiger partial charge is 0.263 e. The molecular formula is C23H22N6O2. The van der Waals surface area contributed by atoms with E-state index in [2.05, 4.69) is 10.1 Å². The molecule has 0 saturated carbocycles. The minimum atomic E-state index is -0.218. The number of para-hydroxylation sites is 1. The van der Waals surface area contributed by atoms with Crippen molar-refractivity contribution in [1.29, 1.82) is 0 Å². The van der Waals surface area contributed by atoms with Gasteiger partial charge in [0.05, 0.1) is 18.3 Å². The lowest BCUT2D eigenvalue weighted by Gasteiger charge is -2.35. The van der Waals surface area contributed by atoms with E-state index in [-0.39, 0.29) is 11.5 Å². The first kappa shape index (κ1) is 19.0. The number of carbonyl (C=O) groups excluding carboxylic acids is 1. The molecule has 8 nitrogen and oxygen atoms in total. The van der Waals surface area contributed by atoms with Gasteiger partial charge in [-0.25, -0.2) is 4.68 Å². The number of nitrogens with zero attached hydrogens (tertiary/aromatic N) is 5. The van der Waals surface area contributed by atoms with Crippen molar-refractivity contribution in [3.05, 3.63) is 82.8 Å². The van der Waals surface area contributed by atoms with Gasteiger partial charge in [-0.3, -0.25) is 14.6 Å². The molecule has 3 heterocycles. The highest BCUT2D eigenvalue weighted by molar-refractivity contribution is 5.79. The van der Waals surface area contributed by atoms with E-state index in [4.69, 9.17) is 4.98 Å². The Morgan fingerprint density at radius 3 is 2.32 bits per heavy atom. The molecule has 0 bridgehead atoms. The van der Waals surface area contributed by atoms with Crippen molar-refractivity contribution in [3.8, 4) is 5.69 Å². The molecule has 0 unspecified atom stereocenters. The standard InChI is InChI=1S/C23H22N6O2/c30-20(15-17-7-3-1-4-8-17)27-11-13-28(14-12-27)23-25-21-19(22(31)26-23)16-24-29(21)18-9-5-2-6-10-18/h1-10,16H,11-15H2,(H,25,26,31). The average molecular weight is 414 g/mol. The Balaban J connectivity index is 1.34. The fourth-order valence-corrected chi connectivity index (χ4v) is 3.86. The van der Waals surface area contributed by atoms with Gasteiger partial charge in [-0.05, 0) is 17.7 Å². The number of fused-ring (bicyclic) bond motifs is 1. The predicted octanol–water partition coefficient (Wildman–Crippen LogP) is 2.00. The third kappa shape index (κ3) is 3.79. The van der Waals surface area contributed by atoms with Crippen molar-refractivity contribution >= 4 is 22.9 Å². The van der Waals surface area contributed by atoms with Crippen molar-refractivity contribution in [1.82, 2.24) is 24.6 Å². The van der Waals surface area contributed by atoms with Crippen molar-refractivity contribution in [3.63, 3.8) is 0 Å². The van der Waals surface area contributed by atoms with Crippen molar-refractivity contribution in [2.75, 3.05) is 31.1 Å². The summed E-state index contributed by atoms with van der Waals surface area (Å²) in [7, 11) is 0. The number of hydrogen-bond acceptors (Lipinski definition) is 5. The van der Waals surface area contributed by atoms with Crippen LogP contribution in [0.25, 0.3) is 16.7 Å². The molecule has 1 fully saturated rings. The lowest BCUT2D eigenvalue weighted by Crippen LogP contribution is -2.50. The molecule has 1 aliphatic heterocycles. The van der Waals surface area contributed by atoms with Gasteiger partial charge >= 0.3 is 0 Å². The summed E-state index contributed by atoms with van der Waals surface area (Å²) in [6.45, 7) is 2.39. The van der Waals surface area contributed by atoms with Crippen LogP contribution in [-0.2, 0) is 11.2 Å². The highest BCUT2D eigenvalue weighted by atomic mass is 16.2. The first-order valence-electron chi connectivity index (χ1n) is 10.3. The van der Waals surface area contributed by atoms with E-state index in [0.717, 1.165) is 11.3 Å². The van der Waals surface area contributed by atoms with Gasteiger partial charge in [-0.1, -0.05) is 48.5 Å². The normalized spacial score (nSPS) is 14.2. The number of H-pyrrole nitrogens is 1. The van der Waals surface area contributed by atoms with Crippen LogP contribution in [0.1, 0.15) is 5.56 Å². The highest BCUT2D eigenvalue weighted by Crippen LogP contribution is 2.17. The summed E-state index contributed by atoms with van der Waals surface area (Å²) < 4.78 is 1.67. The van der Waals surface area contributed by atoms with E-state index in [1.807, 2.05) is 70.5 Å². The van der Waals surface area contributed by atoms with Crippen molar-refractivity contribution in [2.24, 2.45) is 0 Å². The molecule has 0 aliphatic carbocycles. The maximum Gasteiger partial charge on any atom is 0.263 e. The Labute approximate surface area is 178 Å². The maximum atomic E-state index is 12.6. The second-order valence-electron chi connectivity index (χ2n) is 7.55. The summed E-state index contributed by atoms with van der Waals surface area (Å²) in [5, 5.41) is 4.80. The van der Waals surface area contributed by atoms with Crippen LogP contribution in [0.4, 0.5) is 5.95 Å². The summed E-state index contributed by atoms with van der Waals surface area (Å²) in [5.74, 6) is 0.621. The number of aromatic nitrogens is 4. The zero-order valence-corrected chi connectivity index (χ0v) is 16.9. The summed E-state index contributed by atoms with van der Waals surface area (Å²) in [5.41, 5.74) is 2.16. The first-order chi connectivity index (χ1) is 15.2. The fourth-order valence-electron chi connectivity index (χ4n) is 3.86. The summed E-state index contributed by atoms with van der Waals surface area (Å²) in [4.78, 5) is 36.7. The van der Waals surface area contributed by atoms with E-state index in [1.54, 1.807) is 4.68 Å². The number of amides is 1. The Morgan fingerprint density at radius 1 is 0.935 bits per heavy atom. The lowest BCUT2D eigenvalue weighted by atomic mass is 10.1. The number of hydrogen-bond donors (Lipinski definition) is 1. The second kappa shape index (κ2) is 8.06. The summed E-state index contributed by atoms with van der Waals surface area (Å²) in [6.07, 6.45) is 1.94. The largest absolute Gasteiger partial charge is 0.339 e. The van der Waals surface area contributed by atoms with Crippen molar-refractivity contribution in [2.45, 2.75) is 6.42 Å². The lowest BCUT2D eigenvalue weighted by molar-refractivity contribution is -0.130. The molecule has 1 N–H and O–H groups in total. The number of benzene rings is 2. The van der Waals surface area contributed by atoms with Gasteiger partial charge in [0, 0.05) is 26.2 Å². The Bertz CT molecular complexity index is 1260. The third-order valence-corrected chi connectivity index (χ3v) is 5.56. The molecule has 5 rings (SSSR count). The minimum Gasteiger partial charge on any atom is -0.339 e. The van der Waals surface area contributed by atoms with E-state index in [9.17, 15) is 9.59 Å². The molecule has 8 heteroatoms. The second-order valence-corrected chi connectivity index (χ2v) is 7.55. The van der Waals surface area contributed by atoms with E-state index < -0.39 is 0 Å². The van der Waals surface area contributed by atoms with Crippen LogP contribution < -0.4 is 10.5 Å². The monoisotopic (exact) mass is 414 g/mol. The molecule has 31 heavy (non-hydrogen) atoms. The molecule has 156 valence electrons. The van der Waals surface area contributed by atoms with Gasteiger partial charge < -0.3 is 9.80 Å². The van der Waals surface area contributed by atoms with Gasteiger partial charge in [0.15, 0.2) is 5.65 Å². The average Bonchev–Trinajstić information content (AvgIpc) is 3.25. The molecule has 1 amide bonds. The SMILES string of the molecule is O=C(Cc1ccccc1)N1CCN(c2nc3c(cnn3-c3ccccc3)c(=O)[nH]2)CC1.